The Hall–Kier alpha value is -2.24. The highest BCUT2D eigenvalue weighted by molar-refractivity contribution is 6.07. The third-order valence-electron chi connectivity index (χ3n) is 3.88. The predicted molar refractivity (Wildman–Crippen MR) is 82.4 cm³/mol. The first-order chi connectivity index (χ1) is 10.6. The van der Waals surface area contributed by atoms with Crippen LogP contribution in [0.4, 0.5) is 8.78 Å². The van der Waals surface area contributed by atoms with Crippen LogP contribution in [0, 0.1) is 0 Å². The van der Waals surface area contributed by atoms with Crippen molar-refractivity contribution in [2.24, 2.45) is 0 Å². The summed E-state index contributed by atoms with van der Waals surface area (Å²) < 4.78 is 27.7. The van der Waals surface area contributed by atoms with Gasteiger partial charge < -0.3 is 4.57 Å². The smallest absolute Gasteiger partial charge is 0.291 e. The fourth-order valence-corrected chi connectivity index (χ4v) is 2.88. The molecule has 0 atom stereocenters. The van der Waals surface area contributed by atoms with Crippen LogP contribution in [0.5, 0.6) is 0 Å². The molecule has 6 heteroatoms. The number of aryl methyl sites for hydroxylation is 2. The van der Waals surface area contributed by atoms with Crippen LogP contribution >= 0.6 is 0 Å². The maximum Gasteiger partial charge on any atom is 0.291 e. The number of halogens is 2. The quantitative estimate of drug-likeness (QED) is 0.724. The maximum atomic E-state index is 12.6. The highest BCUT2D eigenvalue weighted by Crippen LogP contribution is 2.25. The normalized spacial score (nSPS) is 11.8. The summed E-state index contributed by atoms with van der Waals surface area (Å²) in [5.41, 5.74) is 1.37. The van der Waals surface area contributed by atoms with Crippen molar-refractivity contribution in [2.75, 3.05) is 0 Å². The summed E-state index contributed by atoms with van der Waals surface area (Å²) in [6.45, 7) is 2.86. The van der Waals surface area contributed by atoms with Crippen molar-refractivity contribution >= 4 is 21.8 Å². The van der Waals surface area contributed by atoms with E-state index in [4.69, 9.17) is 0 Å². The molecule has 0 aliphatic heterocycles. The van der Waals surface area contributed by atoms with Crippen molar-refractivity contribution in [2.45, 2.75) is 39.3 Å². The zero-order valence-electron chi connectivity index (χ0n) is 12.3. The minimum Gasteiger partial charge on any atom is -0.336 e. The first kappa shape index (κ1) is 14.7. The van der Waals surface area contributed by atoms with Crippen LogP contribution in [0.15, 0.2) is 35.3 Å². The Morgan fingerprint density at radius 1 is 1.23 bits per heavy atom. The Kier molecular flexibility index (Phi) is 3.92. The number of hydrogen-bond donors (Lipinski definition) is 0. The molecular weight excluding hydrogens is 288 g/mol. The van der Waals surface area contributed by atoms with Crippen LogP contribution in [-0.2, 0) is 13.1 Å². The van der Waals surface area contributed by atoms with E-state index in [0.717, 1.165) is 16.3 Å². The molecule has 116 valence electrons. The van der Waals surface area contributed by atoms with Gasteiger partial charge >= 0.3 is 0 Å². The topological polar surface area (TPSA) is 39.8 Å². The first-order valence-electron chi connectivity index (χ1n) is 7.38. The molecule has 0 amide bonds. The van der Waals surface area contributed by atoms with E-state index in [1.165, 1.54) is 4.68 Å². The number of benzene rings is 1. The van der Waals surface area contributed by atoms with Crippen LogP contribution < -0.4 is 5.56 Å². The summed E-state index contributed by atoms with van der Waals surface area (Å²) >= 11 is 0. The van der Waals surface area contributed by atoms with Crippen molar-refractivity contribution in [3.05, 3.63) is 40.8 Å². The fraction of sp³-hybridized carbons (Fsp3) is 0.375. The second kappa shape index (κ2) is 5.87. The highest BCUT2D eigenvalue weighted by atomic mass is 19.3. The molecule has 0 bridgehead atoms. The monoisotopic (exact) mass is 305 g/mol. The molecule has 3 aromatic rings. The molecule has 0 aliphatic rings. The molecule has 0 N–H and O–H groups in total. The number of alkyl halides is 2. The van der Waals surface area contributed by atoms with Crippen LogP contribution in [0.25, 0.3) is 21.8 Å². The van der Waals surface area contributed by atoms with Crippen LogP contribution in [0.2, 0.25) is 0 Å². The predicted octanol–water partition coefficient (Wildman–Crippen LogP) is 3.42. The van der Waals surface area contributed by atoms with Gasteiger partial charge in [0.15, 0.2) is 0 Å². The molecule has 0 fully saturated rings. The molecule has 0 saturated carbocycles. The lowest BCUT2D eigenvalue weighted by Gasteiger charge is -2.06. The lowest BCUT2D eigenvalue weighted by molar-refractivity contribution is 0.132. The van der Waals surface area contributed by atoms with Gasteiger partial charge in [-0.05, 0) is 19.4 Å². The van der Waals surface area contributed by atoms with Gasteiger partial charge in [-0.2, -0.15) is 5.10 Å². The Bertz CT molecular complexity index is 867. The van der Waals surface area contributed by atoms with Gasteiger partial charge in [-0.1, -0.05) is 18.2 Å². The molecule has 2 aromatic heterocycles. The van der Waals surface area contributed by atoms with E-state index in [1.807, 2.05) is 35.8 Å². The van der Waals surface area contributed by atoms with Crippen molar-refractivity contribution in [1.82, 2.24) is 14.3 Å². The lowest BCUT2D eigenvalue weighted by Crippen LogP contribution is -2.24. The number of hydrogen-bond acceptors (Lipinski definition) is 2. The summed E-state index contributed by atoms with van der Waals surface area (Å²) in [6, 6.07) is 7.80. The molecule has 2 heterocycles. The Morgan fingerprint density at radius 2 is 2.00 bits per heavy atom. The SMILES string of the molecule is CCn1c2ccccc2c2cnn(CCCC(F)F)c(=O)c21. The van der Waals surface area contributed by atoms with Crippen molar-refractivity contribution in [1.29, 1.82) is 0 Å². The summed E-state index contributed by atoms with van der Waals surface area (Å²) in [7, 11) is 0. The van der Waals surface area contributed by atoms with E-state index in [2.05, 4.69) is 5.10 Å². The number of para-hydroxylation sites is 1. The van der Waals surface area contributed by atoms with Gasteiger partial charge in [0.1, 0.15) is 5.52 Å². The van der Waals surface area contributed by atoms with E-state index in [1.54, 1.807) is 6.20 Å². The second-order valence-corrected chi connectivity index (χ2v) is 5.23. The van der Waals surface area contributed by atoms with Gasteiger partial charge in [-0.25, -0.2) is 13.5 Å². The minimum absolute atomic E-state index is 0.213. The van der Waals surface area contributed by atoms with E-state index in [9.17, 15) is 13.6 Å². The van der Waals surface area contributed by atoms with Gasteiger partial charge in [0.2, 0.25) is 6.43 Å². The minimum atomic E-state index is -2.35. The lowest BCUT2D eigenvalue weighted by atomic mass is 10.2. The maximum absolute atomic E-state index is 12.6. The molecule has 0 saturated heterocycles. The van der Waals surface area contributed by atoms with E-state index < -0.39 is 6.43 Å². The Balaban J connectivity index is 2.14. The van der Waals surface area contributed by atoms with Gasteiger partial charge in [-0.15, -0.1) is 0 Å². The third kappa shape index (κ3) is 2.38. The summed E-state index contributed by atoms with van der Waals surface area (Å²) in [4.78, 5) is 12.6. The third-order valence-corrected chi connectivity index (χ3v) is 3.88. The second-order valence-electron chi connectivity index (χ2n) is 5.23. The molecule has 0 radical (unpaired) electrons. The van der Waals surface area contributed by atoms with E-state index in [-0.39, 0.29) is 24.9 Å². The number of rotatable bonds is 5. The molecule has 0 unspecified atom stereocenters. The number of aromatic nitrogens is 3. The Morgan fingerprint density at radius 3 is 2.73 bits per heavy atom. The average molecular weight is 305 g/mol. The molecule has 1 aromatic carbocycles. The summed E-state index contributed by atoms with van der Waals surface area (Å²) in [5.74, 6) is 0. The zero-order valence-corrected chi connectivity index (χ0v) is 12.3. The van der Waals surface area contributed by atoms with Gasteiger partial charge in [0.05, 0.1) is 6.20 Å². The highest BCUT2D eigenvalue weighted by Gasteiger charge is 2.14. The molecule has 3 rings (SSSR count). The number of fused-ring (bicyclic) bond motifs is 3. The molecule has 0 aliphatic carbocycles. The van der Waals surface area contributed by atoms with Crippen molar-refractivity contribution < 1.29 is 8.78 Å². The van der Waals surface area contributed by atoms with Crippen LogP contribution in [0.1, 0.15) is 19.8 Å². The van der Waals surface area contributed by atoms with Crippen LogP contribution in [0.3, 0.4) is 0 Å². The van der Waals surface area contributed by atoms with Crippen LogP contribution in [-0.4, -0.2) is 20.8 Å². The standard InChI is InChI=1S/C16H17F2N3O/c1-2-20-13-7-4-3-6-11(13)12-10-19-21(16(22)15(12)20)9-5-8-14(17)18/h3-4,6-7,10,14H,2,5,8-9H2,1H3. The molecular formula is C16H17F2N3O. The number of nitrogens with zero attached hydrogens (tertiary/aromatic N) is 3. The fourth-order valence-electron chi connectivity index (χ4n) is 2.88. The Labute approximate surface area is 126 Å². The van der Waals surface area contributed by atoms with Crippen molar-refractivity contribution in [3.8, 4) is 0 Å². The van der Waals surface area contributed by atoms with E-state index in [0.29, 0.717) is 12.1 Å². The van der Waals surface area contributed by atoms with Gasteiger partial charge in [0.25, 0.3) is 5.56 Å². The molecule has 22 heavy (non-hydrogen) atoms. The van der Waals surface area contributed by atoms with Crippen molar-refractivity contribution in [3.63, 3.8) is 0 Å². The van der Waals surface area contributed by atoms with E-state index >= 15 is 0 Å². The van der Waals surface area contributed by atoms with Gasteiger partial charge in [0, 0.05) is 35.8 Å². The zero-order chi connectivity index (χ0) is 15.7. The largest absolute Gasteiger partial charge is 0.336 e. The van der Waals surface area contributed by atoms with Gasteiger partial charge in [-0.3, -0.25) is 4.79 Å². The summed E-state index contributed by atoms with van der Waals surface area (Å²) in [6.07, 6.45) is -0.666. The molecule has 0 spiro atoms. The summed E-state index contributed by atoms with van der Waals surface area (Å²) in [5, 5.41) is 5.95. The average Bonchev–Trinajstić information content (AvgIpc) is 2.84. The molecule has 4 nitrogen and oxygen atoms in total. The first-order valence-corrected chi connectivity index (χ1v) is 7.38.